The number of hydrogen-bond acceptors (Lipinski definition) is 1. The van der Waals surface area contributed by atoms with Gasteiger partial charge in [-0.05, 0) is 70.6 Å². The van der Waals surface area contributed by atoms with Crippen LogP contribution in [0.4, 0.5) is 4.39 Å². The molecule has 1 fully saturated rings. The van der Waals surface area contributed by atoms with Crippen LogP contribution < -0.4 is 4.74 Å². The van der Waals surface area contributed by atoms with Gasteiger partial charge in [-0.1, -0.05) is 32.6 Å². The summed E-state index contributed by atoms with van der Waals surface area (Å²) in [5, 5.41) is 0. The molecular weight excluding hydrogens is 331 g/mol. The first kappa shape index (κ1) is 15.3. The van der Waals surface area contributed by atoms with Gasteiger partial charge in [-0.15, -0.1) is 0 Å². The highest BCUT2D eigenvalue weighted by atomic mass is 79.9. The van der Waals surface area contributed by atoms with Crippen molar-refractivity contribution in [1.29, 1.82) is 0 Å². The summed E-state index contributed by atoms with van der Waals surface area (Å²) in [6.07, 6.45) is 9.06. The maximum Gasteiger partial charge on any atom is 0.137 e. The molecule has 1 aliphatic carbocycles. The van der Waals surface area contributed by atoms with E-state index in [9.17, 15) is 4.39 Å². The third kappa shape index (κ3) is 3.44. The van der Waals surface area contributed by atoms with Crippen molar-refractivity contribution in [3.8, 4) is 5.75 Å². The van der Waals surface area contributed by atoms with E-state index in [0.29, 0.717) is 10.4 Å². The standard InChI is InChI=1S/C18H24BrFO/c1-2-3-12-4-6-13(7-5-12)15-8-14-9-17(20)16(19)10-18(14)21-11-15/h9-10,12-13,15H,2-8,11H2,1H3/t12?,13?,15-/m0/s1. The minimum Gasteiger partial charge on any atom is -0.493 e. The molecule has 0 amide bonds. The van der Waals surface area contributed by atoms with Crippen LogP contribution in [0, 0.1) is 23.6 Å². The molecular formula is C18H24BrFO. The Kier molecular flexibility index (Phi) is 4.88. The monoisotopic (exact) mass is 354 g/mol. The minimum atomic E-state index is -0.176. The van der Waals surface area contributed by atoms with Gasteiger partial charge in [-0.3, -0.25) is 0 Å². The number of ether oxygens (including phenoxy) is 1. The molecule has 1 nitrogen and oxygen atoms in total. The molecule has 0 N–H and O–H groups in total. The van der Waals surface area contributed by atoms with Crippen molar-refractivity contribution in [1.82, 2.24) is 0 Å². The van der Waals surface area contributed by atoms with Crippen LogP contribution in [-0.4, -0.2) is 6.61 Å². The second kappa shape index (κ2) is 6.68. The van der Waals surface area contributed by atoms with Crippen molar-refractivity contribution in [2.75, 3.05) is 6.61 Å². The molecule has 1 aromatic rings. The fraction of sp³-hybridized carbons (Fsp3) is 0.667. The van der Waals surface area contributed by atoms with Crippen molar-refractivity contribution in [3.05, 3.63) is 28.0 Å². The van der Waals surface area contributed by atoms with Crippen LogP contribution in [0.3, 0.4) is 0 Å². The highest BCUT2D eigenvalue weighted by molar-refractivity contribution is 9.10. The lowest BCUT2D eigenvalue weighted by Crippen LogP contribution is -2.30. The van der Waals surface area contributed by atoms with Gasteiger partial charge >= 0.3 is 0 Å². The van der Waals surface area contributed by atoms with E-state index in [-0.39, 0.29) is 5.82 Å². The molecule has 0 spiro atoms. The Labute approximate surface area is 135 Å². The second-order valence-corrected chi connectivity index (χ2v) is 7.57. The van der Waals surface area contributed by atoms with Crippen LogP contribution in [0.15, 0.2) is 16.6 Å². The van der Waals surface area contributed by atoms with Gasteiger partial charge in [0.25, 0.3) is 0 Å². The third-order valence-corrected chi connectivity index (χ3v) is 5.90. The van der Waals surface area contributed by atoms with Gasteiger partial charge in [0, 0.05) is 0 Å². The summed E-state index contributed by atoms with van der Waals surface area (Å²) < 4.78 is 20.1. The van der Waals surface area contributed by atoms with Gasteiger partial charge in [-0.2, -0.15) is 0 Å². The van der Waals surface area contributed by atoms with Crippen molar-refractivity contribution in [3.63, 3.8) is 0 Å². The molecule has 1 aromatic carbocycles. The molecule has 3 heteroatoms. The zero-order valence-corrected chi connectivity index (χ0v) is 14.3. The fourth-order valence-corrected chi connectivity index (χ4v) is 4.38. The number of rotatable bonds is 3. The molecule has 2 aliphatic rings. The molecule has 0 unspecified atom stereocenters. The van der Waals surface area contributed by atoms with E-state index < -0.39 is 0 Å². The average molecular weight is 355 g/mol. The Hall–Kier alpha value is -0.570. The summed E-state index contributed by atoms with van der Waals surface area (Å²) in [5.41, 5.74) is 1.04. The highest BCUT2D eigenvalue weighted by Crippen LogP contribution is 2.40. The maximum absolute atomic E-state index is 13.7. The lowest BCUT2D eigenvalue weighted by atomic mass is 9.73. The molecule has 1 saturated carbocycles. The molecule has 0 saturated heterocycles. The smallest absolute Gasteiger partial charge is 0.137 e. The van der Waals surface area contributed by atoms with Gasteiger partial charge in [-0.25, -0.2) is 4.39 Å². The Morgan fingerprint density at radius 3 is 2.67 bits per heavy atom. The van der Waals surface area contributed by atoms with E-state index in [0.717, 1.165) is 36.2 Å². The van der Waals surface area contributed by atoms with Gasteiger partial charge < -0.3 is 4.74 Å². The average Bonchev–Trinajstić information content (AvgIpc) is 2.49. The summed E-state index contributed by atoms with van der Waals surface area (Å²) in [7, 11) is 0. The zero-order valence-electron chi connectivity index (χ0n) is 12.7. The summed E-state index contributed by atoms with van der Waals surface area (Å²) in [6.45, 7) is 3.08. The van der Waals surface area contributed by atoms with Gasteiger partial charge in [0.1, 0.15) is 11.6 Å². The van der Waals surface area contributed by atoms with Crippen LogP contribution in [0.2, 0.25) is 0 Å². The number of benzene rings is 1. The fourth-order valence-electron chi connectivity index (χ4n) is 4.06. The van der Waals surface area contributed by atoms with Crippen molar-refractivity contribution < 1.29 is 9.13 Å². The summed E-state index contributed by atoms with van der Waals surface area (Å²) in [6, 6.07) is 3.42. The van der Waals surface area contributed by atoms with E-state index in [1.165, 1.54) is 38.5 Å². The van der Waals surface area contributed by atoms with Crippen molar-refractivity contribution in [2.45, 2.75) is 51.9 Å². The quantitative estimate of drug-likeness (QED) is 0.671. The molecule has 3 rings (SSSR count). The Balaban J connectivity index is 1.63. The first-order valence-electron chi connectivity index (χ1n) is 8.28. The molecule has 1 heterocycles. The van der Waals surface area contributed by atoms with E-state index in [1.807, 2.05) is 0 Å². The lowest BCUT2D eigenvalue weighted by molar-refractivity contribution is 0.125. The molecule has 21 heavy (non-hydrogen) atoms. The Bertz CT molecular complexity index is 494. The van der Waals surface area contributed by atoms with Gasteiger partial charge in [0.2, 0.25) is 0 Å². The van der Waals surface area contributed by atoms with E-state index in [1.54, 1.807) is 12.1 Å². The maximum atomic E-state index is 13.7. The van der Waals surface area contributed by atoms with Crippen LogP contribution in [0.25, 0.3) is 0 Å². The Morgan fingerprint density at radius 2 is 1.95 bits per heavy atom. The molecule has 1 atom stereocenters. The van der Waals surface area contributed by atoms with Crippen molar-refractivity contribution >= 4 is 15.9 Å². The molecule has 0 bridgehead atoms. The number of halogens is 2. The highest BCUT2D eigenvalue weighted by Gasteiger charge is 2.31. The normalized spacial score (nSPS) is 28.8. The second-order valence-electron chi connectivity index (χ2n) is 6.72. The van der Waals surface area contributed by atoms with Crippen LogP contribution >= 0.6 is 15.9 Å². The third-order valence-electron chi connectivity index (χ3n) is 5.29. The molecule has 116 valence electrons. The van der Waals surface area contributed by atoms with Crippen molar-refractivity contribution in [2.24, 2.45) is 17.8 Å². The predicted molar refractivity (Wildman–Crippen MR) is 87.1 cm³/mol. The van der Waals surface area contributed by atoms with Crippen LogP contribution in [-0.2, 0) is 6.42 Å². The SMILES string of the molecule is CCCC1CCC([C@@H]2COc3cc(Br)c(F)cc3C2)CC1. The van der Waals surface area contributed by atoms with Gasteiger partial charge in [0.15, 0.2) is 0 Å². The molecule has 0 radical (unpaired) electrons. The summed E-state index contributed by atoms with van der Waals surface area (Å²) in [4.78, 5) is 0. The van der Waals surface area contributed by atoms with E-state index >= 15 is 0 Å². The first-order chi connectivity index (χ1) is 10.2. The van der Waals surface area contributed by atoms with Crippen LogP contribution in [0.1, 0.15) is 51.0 Å². The topological polar surface area (TPSA) is 9.23 Å². The zero-order chi connectivity index (χ0) is 14.8. The number of hydrogen-bond donors (Lipinski definition) is 0. The summed E-state index contributed by atoms with van der Waals surface area (Å²) in [5.74, 6) is 2.96. The first-order valence-corrected chi connectivity index (χ1v) is 9.07. The van der Waals surface area contributed by atoms with E-state index in [2.05, 4.69) is 22.9 Å². The molecule has 0 aromatic heterocycles. The van der Waals surface area contributed by atoms with E-state index in [4.69, 9.17) is 4.74 Å². The summed E-state index contributed by atoms with van der Waals surface area (Å²) >= 11 is 3.23. The molecule has 1 aliphatic heterocycles. The lowest BCUT2D eigenvalue weighted by Gasteiger charge is -2.36. The number of fused-ring (bicyclic) bond motifs is 1. The Morgan fingerprint density at radius 1 is 1.19 bits per heavy atom. The van der Waals surface area contributed by atoms with Crippen LogP contribution in [0.5, 0.6) is 5.75 Å². The minimum absolute atomic E-state index is 0.176. The predicted octanol–water partition coefficient (Wildman–Crippen LogP) is 5.75. The van der Waals surface area contributed by atoms with Gasteiger partial charge in [0.05, 0.1) is 11.1 Å². The largest absolute Gasteiger partial charge is 0.493 e.